The third-order valence-electron chi connectivity index (χ3n) is 5.53. The van der Waals surface area contributed by atoms with E-state index in [-0.39, 0.29) is 17.7 Å². The normalized spacial score (nSPS) is 16.1. The number of fused-ring (bicyclic) bond motifs is 2. The number of H-pyrrole nitrogens is 2. The van der Waals surface area contributed by atoms with Crippen molar-refractivity contribution in [3.05, 3.63) is 82.8 Å². The van der Waals surface area contributed by atoms with Crippen molar-refractivity contribution in [3.8, 4) is 5.75 Å². The van der Waals surface area contributed by atoms with Crippen LogP contribution in [0.4, 0.5) is 0 Å². The molecule has 1 aliphatic heterocycles. The fraction of sp³-hybridized carbons (Fsp3) is 0.182. The highest BCUT2D eigenvalue weighted by atomic mass is 16.3. The van der Waals surface area contributed by atoms with Crippen LogP contribution in [0.1, 0.15) is 38.9 Å². The summed E-state index contributed by atoms with van der Waals surface area (Å²) < 4.78 is 0. The van der Waals surface area contributed by atoms with Gasteiger partial charge in [-0.15, -0.1) is 0 Å². The number of carbonyl (C=O) groups is 1. The van der Waals surface area contributed by atoms with Gasteiger partial charge in [-0.1, -0.05) is 30.3 Å². The van der Waals surface area contributed by atoms with E-state index in [2.05, 4.69) is 21.2 Å². The fourth-order valence-electron chi connectivity index (χ4n) is 4.20. The van der Waals surface area contributed by atoms with Crippen LogP contribution in [0.15, 0.2) is 54.7 Å². The number of nitrogens with zero attached hydrogens (tertiary/aromatic N) is 2. The van der Waals surface area contributed by atoms with Crippen molar-refractivity contribution in [2.75, 3.05) is 6.54 Å². The molecule has 28 heavy (non-hydrogen) atoms. The van der Waals surface area contributed by atoms with Crippen molar-refractivity contribution in [2.45, 2.75) is 19.4 Å². The number of aryl methyl sites for hydroxylation is 1. The van der Waals surface area contributed by atoms with Crippen LogP contribution in [0.25, 0.3) is 10.9 Å². The minimum atomic E-state index is -0.251. The zero-order valence-corrected chi connectivity index (χ0v) is 15.4. The molecule has 0 saturated heterocycles. The zero-order chi connectivity index (χ0) is 19.3. The second-order valence-corrected chi connectivity index (χ2v) is 7.22. The number of benzene rings is 2. The van der Waals surface area contributed by atoms with Gasteiger partial charge in [0.2, 0.25) is 0 Å². The van der Waals surface area contributed by atoms with Gasteiger partial charge in [-0.2, -0.15) is 5.10 Å². The molecule has 1 atom stereocenters. The number of rotatable bonds is 4. The summed E-state index contributed by atoms with van der Waals surface area (Å²) in [6.07, 6.45) is 2.75. The number of amides is 1. The summed E-state index contributed by atoms with van der Waals surface area (Å²) in [5, 5.41) is 18.3. The van der Waals surface area contributed by atoms with E-state index in [4.69, 9.17) is 0 Å². The second kappa shape index (κ2) is 6.27. The Balaban J connectivity index is 1.51. The fourth-order valence-corrected chi connectivity index (χ4v) is 4.20. The maximum absolute atomic E-state index is 13.1. The number of para-hydroxylation sites is 1. The molecule has 6 nitrogen and oxygen atoms in total. The Morgan fingerprint density at radius 3 is 2.89 bits per heavy atom. The third-order valence-corrected chi connectivity index (χ3v) is 5.53. The summed E-state index contributed by atoms with van der Waals surface area (Å²) in [5.41, 5.74) is 5.42. The molecular weight excluding hydrogens is 352 g/mol. The number of aromatic hydroxyl groups is 1. The lowest BCUT2D eigenvalue weighted by atomic mass is 9.98. The summed E-state index contributed by atoms with van der Waals surface area (Å²) in [6.45, 7) is 2.49. The first kappa shape index (κ1) is 16.6. The van der Waals surface area contributed by atoms with E-state index in [1.807, 2.05) is 42.3 Å². The molecule has 5 rings (SSSR count). The van der Waals surface area contributed by atoms with Gasteiger partial charge in [0.25, 0.3) is 5.91 Å². The second-order valence-electron chi connectivity index (χ2n) is 7.22. The minimum Gasteiger partial charge on any atom is -0.508 e. The highest BCUT2D eigenvalue weighted by Gasteiger charge is 2.41. The lowest BCUT2D eigenvalue weighted by Crippen LogP contribution is -2.31. The number of hydrogen-bond acceptors (Lipinski definition) is 3. The largest absolute Gasteiger partial charge is 0.508 e. The van der Waals surface area contributed by atoms with Crippen molar-refractivity contribution in [2.24, 2.45) is 0 Å². The van der Waals surface area contributed by atoms with Crippen molar-refractivity contribution >= 4 is 16.8 Å². The molecule has 0 bridgehead atoms. The van der Waals surface area contributed by atoms with Crippen molar-refractivity contribution in [1.82, 2.24) is 20.1 Å². The molecule has 0 spiro atoms. The van der Waals surface area contributed by atoms with Gasteiger partial charge < -0.3 is 15.0 Å². The van der Waals surface area contributed by atoms with E-state index in [1.54, 1.807) is 18.2 Å². The molecule has 0 aliphatic carbocycles. The van der Waals surface area contributed by atoms with Crippen LogP contribution in [0.3, 0.4) is 0 Å². The molecule has 0 fully saturated rings. The molecule has 2 aromatic heterocycles. The number of aromatic nitrogens is 3. The summed E-state index contributed by atoms with van der Waals surface area (Å²) in [4.78, 5) is 18.2. The van der Waals surface area contributed by atoms with Crippen LogP contribution in [0.2, 0.25) is 0 Å². The topological polar surface area (TPSA) is 85.0 Å². The van der Waals surface area contributed by atoms with E-state index in [1.165, 1.54) is 10.9 Å². The van der Waals surface area contributed by atoms with Crippen molar-refractivity contribution in [3.63, 3.8) is 0 Å². The summed E-state index contributed by atoms with van der Waals surface area (Å²) in [7, 11) is 0. The Labute approximate surface area is 161 Å². The Morgan fingerprint density at radius 2 is 2.04 bits per heavy atom. The van der Waals surface area contributed by atoms with Gasteiger partial charge in [0, 0.05) is 34.9 Å². The number of phenolic OH excluding ortho intramolecular Hbond substituents is 1. The van der Waals surface area contributed by atoms with Crippen LogP contribution in [-0.4, -0.2) is 37.6 Å². The summed E-state index contributed by atoms with van der Waals surface area (Å²) >= 11 is 0. The maximum Gasteiger partial charge on any atom is 0.275 e. The van der Waals surface area contributed by atoms with Gasteiger partial charge in [-0.3, -0.25) is 9.89 Å². The van der Waals surface area contributed by atoms with E-state index in [9.17, 15) is 9.90 Å². The van der Waals surface area contributed by atoms with Crippen LogP contribution < -0.4 is 0 Å². The lowest BCUT2D eigenvalue weighted by molar-refractivity contribution is 0.0745. The SMILES string of the molecule is Cc1[nH]nc2c1[C@@H](c1cccc(O)c1)N(CCc1c[nH]c3ccccc13)C2=O. The predicted octanol–water partition coefficient (Wildman–Crippen LogP) is 3.69. The van der Waals surface area contributed by atoms with Gasteiger partial charge in [-0.05, 0) is 42.7 Å². The van der Waals surface area contributed by atoms with Crippen LogP contribution in [-0.2, 0) is 6.42 Å². The summed E-state index contributed by atoms with van der Waals surface area (Å²) in [5.74, 6) is 0.114. The minimum absolute atomic E-state index is 0.0764. The van der Waals surface area contributed by atoms with Crippen molar-refractivity contribution in [1.29, 1.82) is 0 Å². The Bertz CT molecular complexity index is 1190. The van der Waals surface area contributed by atoms with Gasteiger partial charge >= 0.3 is 0 Å². The molecule has 1 aliphatic rings. The van der Waals surface area contributed by atoms with Gasteiger partial charge in [0.1, 0.15) is 5.75 Å². The smallest absolute Gasteiger partial charge is 0.275 e. The van der Waals surface area contributed by atoms with Crippen LogP contribution >= 0.6 is 0 Å². The van der Waals surface area contributed by atoms with Crippen LogP contribution in [0.5, 0.6) is 5.75 Å². The maximum atomic E-state index is 13.1. The first-order chi connectivity index (χ1) is 13.6. The number of carbonyl (C=O) groups excluding carboxylic acids is 1. The van der Waals surface area contributed by atoms with E-state index < -0.39 is 0 Å². The number of nitrogens with one attached hydrogen (secondary N) is 2. The Kier molecular flexibility index (Phi) is 3.72. The predicted molar refractivity (Wildman–Crippen MR) is 106 cm³/mol. The van der Waals surface area contributed by atoms with Crippen LogP contribution in [0, 0.1) is 6.92 Å². The average Bonchev–Trinajstić information content (AvgIpc) is 3.35. The molecular formula is C22H20N4O2. The highest BCUT2D eigenvalue weighted by molar-refractivity contribution is 5.98. The first-order valence-electron chi connectivity index (χ1n) is 9.33. The molecule has 3 heterocycles. The van der Waals surface area contributed by atoms with E-state index in [0.717, 1.165) is 28.8 Å². The van der Waals surface area contributed by atoms with Gasteiger partial charge in [0.05, 0.1) is 6.04 Å². The Hall–Kier alpha value is -3.54. The Morgan fingerprint density at radius 1 is 1.18 bits per heavy atom. The summed E-state index contributed by atoms with van der Waals surface area (Å²) in [6, 6.07) is 15.0. The lowest BCUT2D eigenvalue weighted by Gasteiger charge is -2.26. The van der Waals surface area contributed by atoms with Gasteiger partial charge in [-0.25, -0.2) is 0 Å². The quantitative estimate of drug-likeness (QED) is 0.511. The van der Waals surface area contributed by atoms with E-state index >= 15 is 0 Å². The molecule has 0 unspecified atom stereocenters. The monoisotopic (exact) mass is 372 g/mol. The standard InChI is InChI=1S/C22H20N4O2/c1-13-19-20(25-24-13)22(28)26(21(19)14-5-4-6-16(27)11-14)10-9-15-12-23-18-8-3-2-7-17(15)18/h2-8,11-12,21,23,27H,9-10H2,1H3,(H,24,25)/t21-/m1/s1. The molecule has 6 heteroatoms. The molecule has 0 radical (unpaired) electrons. The molecule has 140 valence electrons. The number of aromatic amines is 2. The van der Waals surface area contributed by atoms with E-state index in [0.29, 0.717) is 12.2 Å². The van der Waals surface area contributed by atoms with Gasteiger partial charge in [0.15, 0.2) is 5.69 Å². The molecule has 2 aromatic carbocycles. The molecule has 4 aromatic rings. The number of phenols is 1. The first-order valence-corrected chi connectivity index (χ1v) is 9.33. The zero-order valence-electron chi connectivity index (χ0n) is 15.4. The molecule has 3 N–H and O–H groups in total. The highest BCUT2D eigenvalue weighted by Crippen LogP contribution is 2.40. The average molecular weight is 372 g/mol. The van der Waals surface area contributed by atoms with Crippen molar-refractivity contribution < 1.29 is 9.90 Å². The third kappa shape index (κ3) is 2.49. The number of hydrogen-bond donors (Lipinski definition) is 3. The molecule has 0 saturated carbocycles. The molecule has 1 amide bonds.